The Morgan fingerprint density at radius 2 is 1.88 bits per heavy atom. The van der Waals surface area contributed by atoms with Gasteiger partial charge in [0.15, 0.2) is 11.3 Å². The van der Waals surface area contributed by atoms with Crippen LogP contribution in [0, 0.1) is 13.8 Å². The molecule has 0 saturated carbocycles. The molecule has 0 radical (unpaired) electrons. The summed E-state index contributed by atoms with van der Waals surface area (Å²) in [5.41, 5.74) is 6.57. The Morgan fingerprint density at radius 1 is 1.06 bits per heavy atom. The van der Waals surface area contributed by atoms with Gasteiger partial charge in [-0.15, -0.1) is 0 Å². The number of carbonyl (C=O) groups is 1. The van der Waals surface area contributed by atoms with Crippen molar-refractivity contribution in [1.82, 2.24) is 34.2 Å². The molecule has 0 bridgehead atoms. The van der Waals surface area contributed by atoms with Crippen molar-refractivity contribution >= 4 is 11.6 Å². The van der Waals surface area contributed by atoms with Crippen molar-refractivity contribution < 1.29 is 4.79 Å². The summed E-state index contributed by atoms with van der Waals surface area (Å²) in [4.78, 5) is 21.9. The van der Waals surface area contributed by atoms with E-state index in [-0.39, 0.29) is 5.91 Å². The van der Waals surface area contributed by atoms with Crippen LogP contribution in [0.3, 0.4) is 0 Å². The Morgan fingerprint density at radius 3 is 2.59 bits per heavy atom. The fourth-order valence-corrected chi connectivity index (χ4v) is 4.29. The highest BCUT2D eigenvalue weighted by Gasteiger charge is 2.25. The molecule has 1 aliphatic heterocycles. The van der Waals surface area contributed by atoms with E-state index in [1.54, 1.807) is 16.8 Å². The Hall–Kier alpha value is -3.52. The third-order valence-corrected chi connectivity index (χ3v) is 6.24. The molecule has 1 aliphatic rings. The van der Waals surface area contributed by atoms with Crippen LogP contribution in [0.5, 0.6) is 0 Å². The summed E-state index contributed by atoms with van der Waals surface area (Å²) in [6, 6.07) is 12.3. The zero-order valence-electron chi connectivity index (χ0n) is 18.7. The summed E-state index contributed by atoms with van der Waals surface area (Å²) >= 11 is 0. The summed E-state index contributed by atoms with van der Waals surface area (Å²) in [6.07, 6.45) is 3.57. The van der Waals surface area contributed by atoms with E-state index in [1.807, 2.05) is 35.8 Å². The maximum atomic E-state index is 13.2. The number of carbonyl (C=O) groups excluding carboxylic acids is 1. The number of hydrogen-bond acceptors (Lipinski definition) is 5. The molecule has 1 saturated heterocycles. The predicted molar refractivity (Wildman–Crippen MR) is 122 cm³/mol. The smallest absolute Gasteiger partial charge is 0.274 e. The summed E-state index contributed by atoms with van der Waals surface area (Å²) in [6.45, 7) is 8.14. The van der Waals surface area contributed by atoms with Gasteiger partial charge in [-0.25, -0.2) is 9.50 Å². The van der Waals surface area contributed by atoms with E-state index >= 15 is 0 Å². The SMILES string of the molecule is Cc1cccc(CN2CCN(C(=O)c3cc4nccc(-c5cnn(C)c5C)n4n3)CC2)c1. The Labute approximate surface area is 187 Å². The van der Waals surface area contributed by atoms with E-state index in [9.17, 15) is 4.79 Å². The van der Waals surface area contributed by atoms with Crippen LogP contribution in [-0.2, 0) is 13.6 Å². The molecule has 0 N–H and O–H groups in total. The molecule has 32 heavy (non-hydrogen) atoms. The normalized spacial score (nSPS) is 14.9. The number of amides is 1. The van der Waals surface area contributed by atoms with E-state index in [2.05, 4.69) is 51.3 Å². The second kappa shape index (κ2) is 8.20. The molecular weight excluding hydrogens is 402 g/mol. The van der Waals surface area contributed by atoms with Gasteiger partial charge in [-0.05, 0) is 25.5 Å². The first-order valence-electron chi connectivity index (χ1n) is 10.9. The van der Waals surface area contributed by atoms with E-state index < -0.39 is 0 Å². The van der Waals surface area contributed by atoms with Gasteiger partial charge in [-0.2, -0.15) is 10.2 Å². The van der Waals surface area contributed by atoms with Gasteiger partial charge in [-0.1, -0.05) is 29.8 Å². The van der Waals surface area contributed by atoms with Crippen LogP contribution in [0.1, 0.15) is 27.3 Å². The summed E-state index contributed by atoms with van der Waals surface area (Å²) in [7, 11) is 1.91. The zero-order chi connectivity index (χ0) is 22.2. The lowest BCUT2D eigenvalue weighted by atomic mass is 10.1. The van der Waals surface area contributed by atoms with Gasteiger partial charge < -0.3 is 4.90 Å². The second-order valence-corrected chi connectivity index (χ2v) is 8.45. The number of piperazine rings is 1. The molecular formula is C24H27N7O. The average Bonchev–Trinajstić information content (AvgIpc) is 3.37. The van der Waals surface area contributed by atoms with E-state index in [0.717, 1.165) is 36.6 Å². The number of rotatable bonds is 4. The minimum absolute atomic E-state index is 0.0421. The predicted octanol–water partition coefficient (Wildman–Crippen LogP) is 2.70. The number of benzene rings is 1. The van der Waals surface area contributed by atoms with Crippen LogP contribution in [0.15, 0.2) is 48.8 Å². The molecule has 164 valence electrons. The number of aryl methyl sites for hydroxylation is 2. The monoisotopic (exact) mass is 429 g/mol. The number of aromatic nitrogens is 5. The second-order valence-electron chi connectivity index (χ2n) is 8.45. The van der Waals surface area contributed by atoms with Gasteiger partial charge in [0.1, 0.15) is 0 Å². The molecule has 3 aromatic heterocycles. The third kappa shape index (κ3) is 3.78. The largest absolute Gasteiger partial charge is 0.335 e. The van der Waals surface area contributed by atoms with Crippen LogP contribution < -0.4 is 0 Å². The Balaban J connectivity index is 1.31. The minimum atomic E-state index is -0.0421. The fourth-order valence-electron chi connectivity index (χ4n) is 4.29. The Kier molecular flexibility index (Phi) is 5.22. The molecule has 0 aliphatic carbocycles. The molecule has 1 amide bonds. The maximum absolute atomic E-state index is 13.2. The molecule has 4 aromatic rings. The lowest BCUT2D eigenvalue weighted by Gasteiger charge is -2.34. The number of fused-ring (bicyclic) bond motifs is 1. The molecule has 8 heteroatoms. The maximum Gasteiger partial charge on any atom is 0.274 e. The highest BCUT2D eigenvalue weighted by atomic mass is 16.2. The van der Waals surface area contributed by atoms with Crippen molar-refractivity contribution in [2.45, 2.75) is 20.4 Å². The molecule has 8 nitrogen and oxygen atoms in total. The van der Waals surface area contributed by atoms with Crippen molar-refractivity contribution in [1.29, 1.82) is 0 Å². The zero-order valence-corrected chi connectivity index (χ0v) is 18.7. The minimum Gasteiger partial charge on any atom is -0.335 e. The van der Waals surface area contributed by atoms with Crippen molar-refractivity contribution in [3.8, 4) is 11.3 Å². The highest BCUT2D eigenvalue weighted by Crippen LogP contribution is 2.23. The van der Waals surface area contributed by atoms with Crippen LogP contribution in [0.4, 0.5) is 0 Å². The van der Waals surface area contributed by atoms with Gasteiger partial charge in [0.25, 0.3) is 5.91 Å². The Bertz CT molecular complexity index is 1280. The molecule has 4 heterocycles. The standard InChI is InChI=1S/C24H27N7O/c1-17-5-4-6-19(13-17)16-29-9-11-30(12-10-29)24(32)21-14-23-25-8-7-22(31(23)27-21)20-15-26-28(3)18(20)2/h4-8,13-15H,9-12,16H2,1-3H3. The first-order valence-corrected chi connectivity index (χ1v) is 10.9. The molecule has 0 atom stereocenters. The lowest BCUT2D eigenvalue weighted by Crippen LogP contribution is -2.48. The fraction of sp³-hybridized carbons (Fsp3) is 0.333. The van der Waals surface area contributed by atoms with Gasteiger partial charge in [0, 0.05) is 63.3 Å². The number of hydrogen-bond donors (Lipinski definition) is 0. The first-order chi connectivity index (χ1) is 15.5. The van der Waals surface area contributed by atoms with E-state index in [4.69, 9.17) is 0 Å². The van der Waals surface area contributed by atoms with Crippen LogP contribution in [-0.4, -0.2) is 66.3 Å². The van der Waals surface area contributed by atoms with Gasteiger partial charge >= 0.3 is 0 Å². The van der Waals surface area contributed by atoms with E-state index in [1.165, 1.54) is 11.1 Å². The summed E-state index contributed by atoms with van der Waals surface area (Å²) in [5.74, 6) is -0.0421. The highest BCUT2D eigenvalue weighted by molar-refractivity contribution is 5.93. The van der Waals surface area contributed by atoms with E-state index in [0.29, 0.717) is 24.4 Å². The molecule has 0 unspecified atom stereocenters. The topological polar surface area (TPSA) is 71.6 Å². The lowest BCUT2D eigenvalue weighted by molar-refractivity contribution is 0.0622. The molecule has 0 spiro atoms. The van der Waals surface area contributed by atoms with Crippen molar-refractivity contribution in [3.63, 3.8) is 0 Å². The average molecular weight is 430 g/mol. The first kappa shape index (κ1) is 20.4. The third-order valence-electron chi connectivity index (χ3n) is 6.24. The number of nitrogens with zero attached hydrogens (tertiary/aromatic N) is 7. The molecule has 1 aromatic carbocycles. The molecule has 1 fully saturated rings. The van der Waals surface area contributed by atoms with Crippen LogP contribution in [0.2, 0.25) is 0 Å². The van der Waals surface area contributed by atoms with Gasteiger partial charge in [0.05, 0.1) is 11.9 Å². The van der Waals surface area contributed by atoms with Gasteiger partial charge in [-0.3, -0.25) is 14.4 Å². The van der Waals surface area contributed by atoms with Crippen molar-refractivity contribution in [2.24, 2.45) is 7.05 Å². The summed E-state index contributed by atoms with van der Waals surface area (Å²) in [5, 5.41) is 8.96. The van der Waals surface area contributed by atoms with Gasteiger partial charge in [0.2, 0.25) is 0 Å². The van der Waals surface area contributed by atoms with Crippen LogP contribution in [0.25, 0.3) is 16.9 Å². The van der Waals surface area contributed by atoms with Crippen LogP contribution >= 0.6 is 0 Å². The van der Waals surface area contributed by atoms with Crippen molar-refractivity contribution in [2.75, 3.05) is 26.2 Å². The molecule has 5 rings (SSSR count). The van der Waals surface area contributed by atoms with Crippen molar-refractivity contribution in [3.05, 3.63) is 71.3 Å². The summed E-state index contributed by atoms with van der Waals surface area (Å²) < 4.78 is 3.57. The quantitative estimate of drug-likeness (QED) is 0.499.